The minimum atomic E-state index is -0.601. The van der Waals surface area contributed by atoms with E-state index in [0.29, 0.717) is 66.5 Å². The van der Waals surface area contributed by atoms with Gasteiger partial charge in [0.1, 0.15) is 17.7 Å². The molecule has 2 aliphatic rings. The lowest BCUT2D eigenvalue weighted by molar-refractivity contribution is -0.131. The number of hydrogen-bond acceptors (Lipinski definition) is 8. The second-order valence-corrected chi connectivity index (χ2v) is 9.06. The molecule has 1 aromatic heterocycles. The molecular formula is C25H26FN5O4S. The van der Waals surface area contributed by atoms with E-state index in [0.717, 1.165) is 0 Å². The molecule has 1 atom stereocenters. The quantitative estimate of drug-likeness (QED) is 0.504. The average molecular weight is 512 g/mol. The van der Waals surface area contributed by atoms with Crippen molar-refractivity contribution in [3.8, 4) is 11.5 Å². The molecule has 11 heteroatoms. The normalized spacial score (nSPS) is 17.2. The Morgan fingerprint density at radius 3 is 2.53 bits per heavy atom. The molecule has 5 rings (SSSR count). The van der Waals surface area contributed by atoms with Gasteiger partial charge in [-0.3, -0.25) is 9.59 Å². The maximum Gasteiger partial charge on any atom is 0.257 e. The third-order valence-corrected chi connectivity index (χ3v) is 6.96. The molecule has 0 spiro atoms. The Morgan fingerprint density at radius 2 is 1.83 bits per heavy atom. The number of methoxy groups -OCH3 is 2. The van der Waals surface area contributed by atoms with Crippen LogP contribution in [0.2, 0.25) is 0 Å². The number of carbonyl (C=O) groups is 2. The largest absolute Gasteiger partial charge is 0.493 e. The van der Waals surface area contributed by atoms with E-state index in [9.17, 15) is 14.0 Å². The Morgan fingerprint density at radius 1 is 1.14 bits per heavy atom. The SMILES string of the molecule is COc1cc2nc(=S)n3c(c2cc1OC)N[C@@H](CCC(=O)N1CCN(c2ccccc2F)CC1)C3=O. The molecule has 3 heterocycles. The third kappa shape index (κ3) is 4.23. The highest BCUT2D eigenvalue weighted by Gasteiger charge is 2.33. The number of halogens is 1. The number of hydrogen-bond donors (Lipinski definition) is 1. The Hall–Kier alpha value is -3.73. The number of anilines is 2. The van der Waals surface area contributed by atoms with E-state index in [1.54, 1.807) is 35.2 Å². The van der Waals surface area contributed by atoms with Gasteiger partial charge in [0, 0.05) is 44.1 Å². The van der Waals surface area contributed by atoms with Crippen LogP contribution in [0.15, 0.2) is 36.4 Å². The standard InChI is InChI=1S/C25H26FN5O4S/c1-34-20-13-15-18(14-21(20)35-2)28-25(36)31-23(15)27-17(24(31)33)7-8-22(32)30-11-9-29(10-12-30)19-6-4-3-5-16(19)26/h3-6,13-14,17,27H,7-12H2,1-2H3/t17-/m0/s1. The summed E-state index contributed by atoms with van der Waals surface area (Å²) in [6, 6.07) is 9.52. The summed E-state index contributed by atoms with van der Waals surface area (Å²) in [6.07, 6.45) is 0.517. The van der Waals surface area contributed by atoms with Crippen LogP contribution in [0.25, 0.3) is 10.9 Å². The van der Waals surface area contributed by atoms with Crippen molar-refractivity contribution in [2.75, 3.05) is 50.6 Å². The topological polar surface area (TPSA) is 88.9 Å². The molecular weight excluding hydrogens is 485 g/mol. The summed E-state index contributed by atoms with van der Waals surface area (Å²) in [4.78, 5) is 34.1. The summed E-state index contributed by atoms with van der Waals surface area (Å²) < 4.78 is 26.4. The van der Waals surface area contributed by atoms with Crippen molar-refractivity contribution in [3.05, 3.63) is 47.0 Å². The van der Waals surface area contributed by atoms with Crippen molar-refractivity contribution in [2.24, 2.45) is 0 Å². The minimum absolute atomic E-state index is 0.0354. The fourth-order valence-corrected chi connectivity index (χ4v) is 5.06. The van der Waals surface area contributed by atoms with Gasteiger partial charge in [-0.1, -0.05) is 12.1 Å². The zero-order chi connectivity index (χ0) is 25.4. The number of para-hydroxylation sites is 1. The lowest BCUT2D eigenvalue weighted by atomic mass is 10.1. The summed E-state index contributed by atoms with van der Waals surface area (Å²) in [5.41, 5.74) is 1.13. The van der Waals surface area contributed by atoms with Gasteiger partial charge in [-0.05, 0) is 36.8 Å². The van der Waals surface area contributed by atoms with Crippen molar-refractivity contribution >= 4 is 46.4 Å². The van der Waals surface area contributed by atoms with Gasteiger partial charge in [0.2, 0.25) is 10.7 Å². The fraction of sp³-hybridized carbons (Fsp3) is 0.360. The van der Waals surface area contributed by atoms with Crippen LogP contribution in [-0.2, 0) is 4.79 Å². The second-order valence-electron chi connectivity index (χ2n) is 8.70. The number of amides is 1. The molecule has 1 saturated heterocycles. The molecule has 1 fully saturated rings. The Bertz CT molecular complexity index is 1400. The summed E-state index contributed by atoms with van der Waals surface area (Å²) in [5.74, 6) is 1.02. The van der Waals surface area contributed by atoms with Gasteiger partial charge in [0.15, 0.2) is 11.5 Å². The highest BCUT2D eigenvalue weighted by Crippen LogP contribution is 2.37. The van der Waals surface area contributed by atoms with Crippen LogP contribution in [-0.4, -0.2) is 72.7 Å². The van der Waals surface area contributed by atoms with Crippen molar-refractivity contribution < 1.29 is 23.5 Å². The van der Waals surface area contributed by atoms with E-state index in [-0.39, 0.29) is 28.8 Å². The third-order valence-electron chi connectivity index (χ3n) is 6.69. The van der Waals surface area contributed by atoms with Gasteiger partial charge >= 0.3 is 0 Å². The predicted molar refractivity (Wildman–Crippen MR) is 136 cm³/mol. The molecule has 1 N–H and O–H groups in total. The monoisotopic (exact) mass is 511 g/mol. The maximum absolute atomic E-state index is 14.1. The fourth-order valence-electron chi connectivity index (χ4n) is 4.78. The van der Waals surface area contributed by atoms with Crippen LogP contribution < -0.4 is 19.7 Å². The number of fused-ring (bicyclic) bond motifs is 3. The van der Waals surface area contributed by atoms with Crippen molar-refractivity contribution in [1.29, 1.82) is 0 Å². The van der Waals surface area contributed by atoms with Crippen LogP contribution in [0.3, 0.4) is 0 Å². The first-order valence-corrected chi connectivity index (χ1v) is 12.1. The molecule has 0 radical (unpaired) electrons. The van der Waals surface area contributed by atoms with Gasteiger partial charge in [0.25, 0.3) is 5.91 Å². The summed E-state index contributed by atoms with van der Waals surface area (Å²) in [6.45, 7) is 2.11. The van der Waals surface area contributed by atoms with E-state index >= 15 is 0 Å². The number of nitrogens with one attached hydrogen (secondary N) is 1. The van der Waals surface area contributed by atoms with Crippen LogP contribution in [0.4, 0.5) is 15.9 Å². The second kappa shape index (κ2) is 9.73. The van der Waals surface area contributed by atoms with Gasteiger partial charge in [-0.2, -0.15) is 0 Å². The van der Waals surface area contributed by atoms with Gasteiger partial charge in [0.05, 0.1) is 25.4 Å². The predicted octanol–water partition coefficient (Wildman–Crippen LogP) is 3.49. The number of benzene rings is 2. The molecule has 188 valence electrons. The number of carbonyl (C=O) groups excluding carboxylic acids is 2. The first-order valence-electron chi connectivity index (χ1n) is 11.7. The van der Waals surface area contributed by atoms with Crippen LogP contribution in [0, 0.1) is 10.6 Å². The number of nitrogens with zero attached hydrogens (tertiary/aromatic N) is 4. The molecule has 2 aliphatic heterocycles. The number of aromatic nitrogens is 2. The summed E-state index contributed by atoms with van der Waals surface area (Å²) in [5, 5.41) is 3.91. The Balaban J connectivity index is 1.26. The number of ether oxygens (including phenoxy) is 2. The molecule has 36 heavy (non-hydrogen) atoms. The van der Waals surface area contributed by atoms with Crippen molar-refractivity contribution in [3.63, 3.8) is 0 Å². The van der Waals surface area contributed by atoms with Gasteiger partial charge in [-0.25, -0.2) is 13.9 Å². The van der Waals surface area contributed by atoms with Gasteiger partial charge in [-0.15, -0.1) is 0 Å². The molecule has 0 aliphatic carbocycles. The average Bonchev–Trinajstić information content (AvgIpc) is 3.23. The summed E-state index contributed by atoms with van der Waals surface area (Å²) >= 11 is 5.39. The van der Waals surface area contributed by atoms with Crippen LogP contribution in [0.5, 0.6) is 11.5 Å². The van der Waals surface area contributed by atoms with E-state index in [1.807, 2.05) is 4.90 Å². The van der Waals surface area contributed by atoms with E-state index < -0.39 is 6.04 Å². The van der Waals surface area contributed by atoms with E-state index in [2.05, 4.69) is 10.3 Å². The minimum Gasteiger partial charge on any atom is -0.493 e. The molecule has 1 amide bonds. The zero-order valence-corrected chi connectivity index (χ0v) is 20.8. The zero-order valence-electron chi connectivity index (χ0n) is 20.0. The summed E-state index contributed by atoms with van der Waals surface area (Å²) in [7, 11) is 3.07. The first kappa shape index (κ1) is 24.0. The maximum atomic E-state index is 14.1. The van der Waals surface area contributed by atoms with Crippen molar-refractivity contribution in [2.45, 2.75) is 18.9 Å². The lowest BCUT2D eigenvalue weighted by Gasteiger charge is -2.36. The Labute approximate surface area is 212 Å². The highest BCUT2D eigenvalue weighted by atomic mass is 32.1. The van der Waals surface area contributed by atoms with Crippen LogP contribution in [0.1, 0.15) is 17.6 Å². The van der Waals surface area contributed by atoms with Crippen molar-refractivity contribution in [1.82, 2.24) is 14.5 Å². The highest BCUT2D eigenvalue weighted by molar-refractivity contribution is 7.71. The number of piperazine rings is 1. The first-order chi connectivity index (χ1) is 17.4. The molecule has 0 saturated carbocycles. The molecule has 0 unspecified atom stereocenters. The molecule has 3 aromatic rings. The molecule has 9 nitrogen and oxygen atoms in total. The molecule has 2 aromatic carbocycles. The van der Waals surface area contributed by atoms with Gasteiger partial charge < -0.3 is 24.6 Å². The van der Waals surface area contributed by atoms with E-state index in [4.69, 9.17) is 21.7 Å². The lowest BCUT2D eigenvalue weighted by Crippen LogP contribution is -2.49. The number of rotatable bonds is 6. The Kier molecular flexibility index (Phi) is 6.48. The van der Waals surface area contributed by atoms with E-state index in [1.165, 1.54) is 24.9 Å². The smallest absolute Gasteiger partial charge is 0.257 e. The van der Waals surface area contributed by atoms with Crippen LogP contribution >= 0.6 is 12.2 Å². The molecule has 0 bridgehead atoms.